The molecule has 0 rings (SSSR count). The van der Waals surface area contributed by atoms with Crippen LogP contribution in [-0.4, -0.2) is 25.7 Å². The van der Waals surface area contributed by atoms with E-state index in [1.807, 2.05) is 31.3 Å². The van der Waals surface area contributed by atoms with E-state index in [-0.39, 0.29) is 0 Å². The van der Waals surface area contributed by atoms with Gasteiger partial charge in [-0.1, -0.05) is 19.4 Å². The van der Waals surface area contributed by atoms with E-state index in [4.69, 9.17) is 0 Å². The molecule has 0 bridgehead atoms. The first-order chi connectivity index (χ1) is 5.70. The molecular formula is C10H18N2. The van der Waals surface area contributed by atoms with Gasteiger partial charge in [-0.05, 0) is 19.2 Å². The van der Waals surface area contributed by atoms with Gasteiger partial charge in [0.05, 0.1) is 5.70 Å². The molecule has 0 radical (unpaired) electrons. The molecule has 2 heteroatoms. The predicted molar refractivity (Wildman–Crippen MR) is 55.4 cm³/mol. The van der Waals surface area contributed by atoms with Crippen molar-refractivity contribution in [2.24, 2.45) is 4.99 Å². The minimum atomic E-state index is 0.911. The van der Waals surface area contributed by atoms with E-state index in [1.165, 1.54) is 6.42 Å². The third-order valence-corrected chi connectivity index (χ3v) is 1.32. The van der Waals surface area contributed by atoms with Gasteiger partial charge < -0.3 is 4.90 Å². The summed E-state index contributed by atoms with van der Waals surface area (Å²) in [5, 5.41) is 0. The monoisotopic (exact) mass is 166 g/mol. The fourth-order valence-electron chi connectivity index (χ4n) is 0.772. The zero-order valence-corrected chi connectivity index (χ0v) is 8.25. The Bertz CT molecular complexity index is 178. The van der Waals surface area contributed by atoms with Crippen LogP contribution in [-0.2, 0) is 0 Å². The number of hydrogen-bond acceptors (Lipinski definition) is 2. The first kappa shape index (κ1) is 11.0. The Hall–Kier alpha value is -1.05. The fraction of sp³-hybridized carbons (Fsp3) is 0.500. The lowest BCUT2D eigenvalue weighted by atomic mass is 10.3. The molecule has 0 aromatic rings. The van der Waals surface area contributed by atoms with Crippen molar-refractivity contribution < 1.29 is 0 Å². The topological polar surface area (TPSA) is 15.6 Å². The molecule has 0 fully saturated rings. The van der Waals surface area contributed by atoms with E-state index in [9.17, 15) is 0 Å². The second-order valence-electron chi connectivity index (χ2n) is 2.87. The number of rotatable bonds is 5. The molecule has 2 nitrogen and oxygen atoms in total. The van der Waals surface area contributed by atoms with Gasteiger partial charge in [0, 0.05) is 20.3 Å². The molecule has 0 aliphatic heterocycles. The van der Waals surface area contributed by atoms with Crippen LogP contribution in [0.5, 0.6) is 0 Å². The molecule has 0 aromatic carbocycles. The van der Waals surface area contributed by atoms with Crippen LogP contribution in [0.15, 0.2) is 29.0 Å². The van der Waals surface area contributed by atoms with Crippen LogP contribution in [0.1, 0.15) is 19.8 Å². The fourth-order valence-corrected chi connectivity index (χ4v) is 0.772. The molecule has 0 aromatic heterocycles. The summed E-state index contributed by atoms with van der Waals surface area (Å²) in [5.41, 5.74) is 0.911. The first-order valence-electron chi connectivity index (χ1n) is 4.22. The van der Waals surface area contributed by atoms with Crippen LogP contribution in [0, 0.1) is 0 Å². The van der Waals surface area contributed by atoms with Crippen molar-refractivity contribution in [2.75, 3.05) is 14.1 Å². The van der Waals surface area contributed by atoms with Crippen LogP contribution in [0.4, 0.5) is 0 Å². The number of unbranched alkanes of at least 4 members (excludes halogenated alkanes) is 1. The van der Waals surface area contributed by atoms with Gasteiger partial charge in [0.25, 0.3) is 0 Å². The van der Waals surface area contributed by atoms with Crippen LogP contribution < -0.4 is 0 Å². The second-order valence-corrected chi connectivity index (χ2v) is 2.87. The molecule has 12 heavy (non-hydrogen) atoms. The lowest BCUT2D eigenvalue weighted by molar-refractivity contribution is 0.559. The quantitative estimate of drug-likeness (QED) is 0.452. The molecule has 0 unspecified atom stereocenters. The summed E-state index contributed by atoms with van der Waals surface area (Å²) in [5.74, 6) is 0. The summed E-state index contributed by atoms with van der Waals surface area (Å²) in [6.07, 6.45) is 8.32. The third kappa shape index (κ3) is 5.71. The van der Waals surface area contributed by atoms with Gasteiger partial charge in [0.15, 0.2) is 0 Å². The van der Waals surface area contributed by atoms with Crippen molar-refractivity contribution in [1.29, 1.82) is 0 Å². The van der Waals surface area contributed by atoms with E-state index in [2.05, 4.69) is 24.7 Å². The van der Waals surface area contributed by atoms with Crippen molar-refractivity contribution in [3.8, 4) is 0 Å². The highest BCUT2D eigenvalue weighted by Gasteiger charge is 1.86. The minimum Gasteiger partial charge on any atom is -0.382 e. The van der Waals surface area contributed by atoms with Crippen molar-refractivity contribution in [1.82, 2.24) is 4.90 Å². The molecule has 0 aliphatic carbocycles. The van der Waals surface area contributed by atoms with Crippen LogP contribution >= 0.6 is 0 Å². The largest absolute Gasteiger partial charge is 0.382 e. The van der Waals surface area contributed by atoms with E-state index < -0.39 is 0 Å². The Labute approximate surface area is 75.3 Å². The summed E-state index contributed by atoms with van der Waals surface area (Å²) in [6.45, 7) is 5.65. The summed E-state index contributed by atoms with van der Waals surface area (Å²) >= 11 is 0. The summed E-state index contributed by atoms with van der Waals surface area (Å²) in [7, 11) is 3.94. The molecule has 0 heterocycles. The molecular weight excluding hydrogens is 148 g/mol. The molecule has 0 N–H and O–H groups in total. The number of aliphatic imine (C=N–C) groups is 1. The van der Waals surface area contributed by atoms with Crippen molar-refractivity contribution in [2.45, 2.75) is 19.8 Å². The van der Waals surface area contributed by atoms with Gasteiger partial charge >= 0.3 is 0 Å². The van der Waals surface area contributed by atoms with Crippen molar-refractivity contribution in [3.05, 3.63) is 24.0 Å². The smallest absolute Gasteiger partial charge is 0.0777 e. The Kier molecular flexibility index (Phi) is 6.07. The molecule has 0 spiro atoms. The number of hydrogen-bond donors (Lipinski definition) is 0. The SMILES string of the molecule is C=NC(=C\N(C)C)/C=C/CCC. The van der Waals surface area contributed by atoms with Crippen molar-refractivity contribution >= 4 is 6.72 Å². The summed E-state index contributed by atoms with van der Waals surface area (Å²) in [4.78, 5) is 5.84. The molecule has 0 saturated carbocycles. The van der Waals surface area contributed by atoms with Crippen LogP contribution in [0.2, 0.25) is 0 Å². The van der Waals surface area contributed by atoms with Crippen LogP contribution in [0.25, 0.3) is 0 Å². The lowest BCUT2D eigenvalue weighted by Crippen LogP contribution is -2.01. The van der Waals surface area contributed by atoms with Gasteiger partial charge in [-0.15, -0.1) is 0 Å². The standard InChI is InChI=1S/C10H18N2/c1-5-6-7-8-10(11-2)9-12(3)4/h7-9H,2,5-6H2,1,3-4H3/b8-7+,10-9-. The van der Waals surface area contributed by atoms with E-state index >= 15 is 0 Å². The molecule has 0 amide bonds. The predicted octanol–water partition coefficient (Wildman–Crippen LogP) is 2.45. The normalized spacial score (nSPS) is 12.1. The summed E-state index contributed by atoms with van der Waals surface area (Å²) < 4.78 is 0. The zero-order chi connectivity index (χ0) is 9.40. The molecule has 0 aliphatic rings. The van der Waals surface area contributed by atoms with Crippen LogP contribution in [0.3, 0.4) is 0 Å². The van der Waals surface area contributed by atoms with Gasteiger partial charge in [0.1, 0.15) is 0 Å². The minimum absolute atomic E-state index is 0.911. The van der Waals surface area contributed by atoms with Gasteiger partial charge in [-0.3, -0.25) is 4.99 Å². The Balaban J connectivity index is 4.07. The maximum Gasteiger partial charge on any atom is 0.0777 e. The molecule has 0 saturated heterocycles. The number of nitrogens with zero attached hydrogens (tertiary/aromatic N) is 2. The highest BCUT2D eigenvalue weighted by molar-refractivity contribution is 5.32. The highest BCUT2D eigenvalue weighted by Crippen LogP contribution is 2.00. The van der Waals surface area contributed by atoms with E-state index in [0.717, 1.165) is 12.1 Å². The van der Waals surface area contributed by atoms with E-state index in [1.54, 1.807) is 0 Å². The van der Waals surface area contributed by atoms with Gasteiger partial charge in [0.2, 0.25) is 0 Å². The van der Waals surface area contributed by atoms with E-state index in [0.29, 0.717) is 0 Å². The average molecular weight is 166 g/mol. The lowest BCUT2D eigenvalue weighted by Gasteiger charge is -2.04. The molecule has 0 atom stereocenters. The van der Waals surface area contributed by atoms with Gasteiger partial charge in [-0.25, -0.2) is 0 Å². The summed E-state index contributed by atoms with van der Waals surface area (Å²) in [6, 6.07) is 0. The zero-order valence-electron chi connectivity index (χ0n) is 8.25. The highest BCUT2D eigenvalue weighted by atomic mass is 15.0. The van der Waals surface area contributed by atoms with Gasteiger partial charge in [-0.2, -0.15) is 0 Å². The maximum absolute atomic E-state index is 3.88. The Morgan fingerprint density at radius 3 is 2.58 bits per heavy atom. The Morgan fingerprint density at radius 1 is 1.50 bits per heavy atom. The Morgan fingerprint density at radius 2 is 2.17 bits per heavy atom. The van der Waals surface area contributed by atoms with Crippen molar-refractivity contribution in [3.63, 3.8) is 0 Å². The molecule has 68 valence electrons. The number of allylic oxidation sites excluding steroid dienone is 2. The maximum atomic E-state index is 3.88. The first-order valence-corrected chi connectivity index (χ1v) is 4.22. The third-order valence-electron chi connectivity index (χ3n) is 1.32. The second kappa shape index (κ2) is 6.65. The average Bonchev–Trinajstić information content (AvgIpc) is 2.02.